The number of nitrogens with zero attached hydrogens (tertiary/aromatic N) is 2. The van der Waals surface area contributed by atoms with Crippen molar-refractivity contribution in [2.24, 2.45) is 0 Å². The molecule has 6 heteroatoms. The number of benzene rings is 2. The second-order valence-corrected chi connectivity index (χ2v) is 8.19. The van der Waals surface area contributed by atoms with Crippen LogP contribution in [0.3, 0.4) is 0 Å². The van der Waals surface area contributed by atoms with Gasteiger partial charge in [0.25, 0.3) is 0 Å². The minimum absolute atomic E-state index is 0.170. The molecular weight excluding hydrogens is 381 g/mol. The quantitative estimate of drug-likeness (QED) is 0.566. The zero-order valence-corrected chi connectivity index (χ0v) is 16.9. The smallest absolute Gasteiger partial charge is 0.248 e. The van der Waals surface area contributed by atoms with Crippen molar-refractivity contribution < 1.29 is 4.79 Å². The first-order valence-electron chi connectivity index (χ1n) is 8.62. The van der Waals surface area contributed by atoms with Gasteiger partial charge in [0, 0.05) is 16.5 Å². The van der Waals surface area contributed by atoms with Gasteiger partial charge in [0.15, 0.2) is 0 Å². The summed E-state index contributed by atoms with van der Waals surface area (Å²) >= 11 is 12.4. The van der Waals surface area contributed by atoms with Crippen LogP contribution in [0.1, 0.15) is 37.4 Å². The number of alkyl halides is 1. The number of aromatic nitrogens is 2. The highest BCUT2D eigenvalue weighted by Crippen LogP contribution is 2.28. The summed E-state index contributed by atoms with van der Waals surface area (Å²) in [5.41, 5.74) is 2.23. The Morgan fingerprint density at radius 1 is 1.07 bits per heavy atom. The number of rotatable bonds is 4. The van der Waals surface area contributed by atoms with Crippen molar-refractivity contribution in [1.82, 2.24) is 9.78 Å². The topological polar surface area (TPSA) is 46.9 Å². The van der Waals surface area contributed by atoms with Gasteiger partial charge in [0.2, 0.25) is 5.91 Å². The van der Waals surface area contributed by atoms with E-state index < -0.39 is 5.38 Å². The number of nitrogens with one attached hydrogen (secondary N) is 1. The van der Waals surface area contributed by atoms with Gasteiger partial charge in [0.1, 0.15) is 11.2 Å². The molecule has 0 saturated carbocycles. The Morgan fingerprint density at radius 3 is 2.30 bits per heavy atom. The molecule has 0 unspecified atom stereocenters. The van der Waals surface area contributed by atoms with E-state index in [-0.39, 0.29) is 11.3 Å². The molecule has 0 fully saturated rings. The molecule has 1 N–H and O–H groups in total. The maximum absolute atomic E-state index is 12.7. The maximum atomic E-state index is 12.7. The number of hydrogen-bond acceptors (Lipinski definition) is 2. The van der Waals surface area contributed by atoms with Crippen LogP contribution < -0.4 is 5.32 Å². The molecule has 4 nitrogen and oxygen atoms in total. The van der Waals surface area contributed by atoms with Gasteiger partial charge < -0.3 is 5.32 Å². The van der Waals surface area contributed by atoms with E-state index >= 15 is 0 Å². The van der Waals surface area contributed by atoms with E-state index in [1.807, 2.05) is 48.5 Å². The molecule has 0 aliphatic rings. The molecule has 1 atom stereocenters. The predicted octanol–water partition coefficient (Wildman–Crippen LogP) is 5.74. The van der Waals surface area contributed by atoms with Crippen LogP contribution in [-0.2, 0) is 10.2 Å². The number of carbonyl (C=O) groups is 1. The lowest BCUT2D eigenvalue weighted by Gasteiger charge is -2.14. The minimum Gasteiger partial charge on any atom is -0.309 e. The van der Waals surface area contributed by atoms with Crippen LogP contribution in [0.2, 0.25) is 5.02 Å². The van der Waals surface area contributed by atoms with Crippen molar-refractivity contribution in [1.29, 1.82) is 0 Å². The van der Waals surface area contributed by atoms with Crippen molar-refractivity contribution in [3.63, 3.8) is 0 Å². The standard InChI is InChI=1S/C21H21Cl2N3O/c1-21(2,3)17-13-18(26(25-17)16-11-9-15(22)10-12-16)24-20(27)19(23)14-7-5-4-6-8-14/h4-13,19H,1-3H3,(H,24,27)/t19-/m1/s1. The Kier molecular flexibility index (Phi) is 5.59. The Labute approximate surface area is 169 Å². The highest BCUT2D eigenvalue weighted by molar-refractivity contribution is 6.32. The Balaban J connectivity index is 1.95. The normalized spacial score (nSPS) is 12.6. The molecule has 27 heavy (non-hydrogen) atoms. The molecule has 1 aromatic heterocycles. The fourth-order valence-corrected chi connectivity index (χ4v) is 2.90. The van der Waals surface area contributed by atoms with Gasteiger partial charge >= 0.3 is 0 Å². The lowest BCUT2D eigenvalue weighted by Crippen LogP contribution is -2.19. The van der Waals surface area contributed by atoms with Crippen LogP contribution in [0.15, 0.2) is 60.7 Å². The molecular formula is C21H21Cl2N3O. The summed E-state index contributed by atoms with van der Waals surface area (Å²) in [5, 5.41) is 7.44. The van der Waals surface area contributed by atoms with Gasteiger partial charge in [-0.25, -0.2) is 4.68 Å². The Morgan fingerprint density at radius 2 is 1.70 bits per heavy atom. The van der Waals surface area contributed by atoms with Gasteiger partial charge in [-0.05, 0) is 29.8 Å². The van der Waals surface area contributed by atoms with E-state index in [1.165, 1.54) is 0 Å². The number of amides is 1. The first-order chi connectivity index (χ1) is 12.8. The second-order valence-electron chi connectivity index (χ2n) is 7.32. The zero-order valence-electron chi connectivity index (χ0n) is 15.4. The van der Waals surface area contributed by atoms with Crippen LogP contribution in [0.25, 0.3) is 5.69 Å². The number of hydrogen-bond donors (Lipinski definition) is 1. The lowest BCUT2D eigenvalue weighted by atomic mass is 9.92. The van der Waals surface area contributed by atoms with Crippen LogP contribution in [0.4, 0.5) is 5.82 Å². The molecule has 0 spiro atoms. The van der Waals surface area contributed by atoms with Crippen LogP contribution in [0, 0.1) is 0 Å². The Hall–Kier alpha value is -2.30. The molecule has 0 radical (unpaired) electrons. The third-order valence-electron chi connectivity index (χ3n) is 4.12. The van der Waals surface area contributed by atoms with Crippen molar-refractivity contribution in [2.75, 3.05) is 5.32 Å². The molecule has 140 valence electrons. The third kappa shape index (κ3) is 4.52. The summed E-state index contributed by atoms with van der Waals surface area (Å²) in [4.78, 5) is 12.7. The summed E-state index contributed by atoms with van der Waals surface area (Å²) in [5.74, 6) is 0.257. The Bertz CT molecular complexity index is 928. The fraction of sp³-hybridized carbons (Fsp3) is 0.238. The summed E-state index contributed by atoms with van der Waals surface area (Å²) in [6, 6.07) is 18.4. The summed E-state index contributed by atoms with van der Waals surface area (Å²) in [6.45, 7) is 6.21. The molecule has 0 saturated heterocycles. The minimum atomic E-state index is -0.794. The van der Waals surface area contributed by atoms with Crippen molar-refractivity contribution in [3.05, 3.63) is 76.9 Å². The summed E-state index contributed by atoms with van der Waals surface area (Å²) in [7, 11) is 0. The lowest BCUT2D eigenvalue weighted by molar-refractivity contribution is -0.116. The van der Waals surface area contributed by atoms with Gasteiger partial charge in [-0.3, -0.25) is 4.79 Å². The highest BCUT2D eigenvalue weighted by atomic mass is 35.5. The first-order valence-corrected chi connectivity index (χ1v) is 9.43. The molecule has 0 aliphatic heterocycles. The molecule has 0 aliphatic carbocycles. The highest BCUT2D eigenvalue weighted by Gasteiger charge is 2.24. The maximum Gasteiger partial charge on any atom is 0.248 e. The second kappa shape index (κ2) is 7.75. The molecule has 3 aromatic rings. The summed E-state index contributed by atoms with van der Waals surface area (Å²) < 4.78 is 1.70. The molecule has 0 bridgehead atoms. The van der Waals surface area contributed by atoms with Crippen molar-refractivity contribution in [3.8, 4) is 5.69 Å². The average molecular weight is 402 g/mol. The zero-order chi connectivity index (χ0) is 19.6. The van der Waals surface area contributed by atoms with Crippen molar-refractivity contribution >= 4 is 34.9 Å². The predicted molar refractivity (Wildman–Crippen MR) is 111 cm³/mol. The van der Waals surface area contributed by atoms with Gasteiger partial charge in [0.05, 0.1) is 11.4 Å². The van der Waals surface area contributed by atoms with E-state index in [9.17, 15) is 4.79 Å². The van der Waals surface area contributed by atoms with E-state index in [0.717, 1.165) is 16.9 Å². The number of anilines is 1. The van der Waals surface area contributed by atoms with Crippen molar-refractivity contribution in [2.45, 2.75) is 31.6 Å². The van der Waals surface area contributed by atoms with Gasteiger partial charge in [-0.1, -0.05) is 62.7 Å². The third-order valence-corrected chi connectivity index (χ3v) is 4.82. The van der Waals surface area contributed by atoms with E-state index in [1.54, 1.807) is 16.8 Å². The number of halogens is 2. The monoisotopic (exact) mass is 401 g/mol. The van der Waals surface area contributed by atoms with E-state index in [4.69, 9.17) is 23.2 Å². The molecule has 2 aromatic carbocycles. The van der Waals surface area contributed by atoms with Crippen LogP contribution in [0.5, 0.6) is 0 Å². The van der Waals surface area contributed by atoms with E-state index in [0.29, 0.717) is 10.8 Å². The van der Waals surface area contributed by atoms with Crippen LogP contribution >= 0.6 is 23.2 Å². The fourth-order valence-electron chi connectivity index (χ4n) is 2.58. The van der Waals surface area contributed by atoms with Crippen LogP contribution in [-0.4, -0.2) is 15.7 Å². The van der Waals surface area contributed by atoms with Gasteiger partial charge in [-0.2, -0.15) is 5.10 Å². The molecule has 3 rings (SSSR count). The first kappa shape index (κ1) is 19.5. The largest absolute Gasteiger partial charge is 0.309 e. The average Bonchev–Trinajstić information content (AvgIpc) is 3.06. The molecule has 1 amide bonds. The SMILES string of the molecule is CC(C)(C)c1cc(NC(=O)[C@H](Cl)c2ccccc2)n(-c2ccc(Cl)cc2)n1. The van der Waals surface area contributed by atoms with E-state index in [2.05, 4.69) is 31.2 Å². The van der Waals surface area contributed by atoms with Gasteiger partial charge in [-0.15, -0.1) is 11.6 Å². The summed E-state index contributed by atoms with van der Waals surface area (Å²) in [6.07, 6.45) is 0. The number of carbonyl (C=O) groups excluding carboxylic acids is 1. The molecule has 1 heterocycles.